The summed E-state index contributed by atoms with van der Waals surface area (Å²) in [7, 11) is 0. The van der Waals surface area contributed by atoms with Crippen molar-refractivity contribution in [1.29, 1.82) is 0 Å². The highest BCUT2D eigenvalue weighted by atomic mass is 32.2. The smallest absolute Gasteiger partial charge is 0.160 e. The molecule has 0 bridgehead atoms. The largest absolute Gasteiger partial charge is 0.294 e. The fourth-order valence-electron chi connectivity index (χ4n) is 2.28. The van der Waals surface area contributed by atoms with Gasteiger partial charge in [0.25, 0.3) is 0 Å². The van der Waals surface area contributed by atoms with Crippen LogP contribution in [0.3, 0.4) is 0 Å². The lowest BCUT2D eigenvalue weighted by Crippen LogP contribution is -2.00. The Hall–Kier alpha value is -1.54. The first kappa shape index (κ1) is 13.9. The third kappa shape index (κ3) is 3.27. The number of carbonyl (C=O) groups excluding carboxylic acids is 1. The Bertz CT molecular complexity index is 589. The van der Waals surface area contributed by atoms with E-state index in [-0.39, 0.29) is 5.78 Å². The van der Waals surface area contributed by atoms with Crippen LogP contribution in [0.2, 0.25) is 0 Å². The van der Waals surface area contributed by atoms with Gasteiger partial charge in [-0.1, -0.05) is 29.5 Å². The predicted octanol–water partition coefficient (Wildman–Crippen LogP) is 4.97. The minimum Gasteiger partial charge on any atom is -0.294 e. The molecule has 0 unspecified atom stereocenters. The molecular weight excluding hydrogens is 252 g/mol. The first-order chi connectivity index (χ1) is 8.97. The molecule has 0 radical (unpaired) electrons. The molecule has 0 amide bonds. The zero-order valence-corrected chi connectivity index (χ0v) is 12.6. The van der Waals surface area contributed by atoms with Gasteiger partial charge < -0.3 is 0 Å². The quantitative estimate of drug-likeness (QED) is 0.733. The molecule has 2 aromatic carbocycles. The summed E-state index contributed by atoms with van der Waals surface area (Å²) >= 11 is 1.73. The van der Waals surface area contributed by atoms with Crippen LogP contribution in [0.15, 0.2) is 46.2 Å². The molecule has 2 rings (SSSR count). The van der Waals surface area contributed by atoms with Gasteiger partial charge in [-0.05, 0) is 63.1 Å². The van der Waals surface area contributed by atoms with Crippen LogP contribution in [0.25, 0.3) is 0 Å². The van der Waals surface area contributed by atoms with E-state index < -0.39 is 0 Å². The summed E-state index contributed by atoms with van der Waals surface area (Å²) in [5, 5.41) is 0. The van der Waals surface area contributed by atoms with Crippen LogP contribution < -0.4 is 0 Å². The first-order valence-electron chi connectivity index (χ1n) is 6.34. The lowest BCUT2D eigenvalue weighted by atomic mass is 10.0. The van der Waals surface area contributed by atoms with E-state index in [2.05, 4.69) is 43.3 Å². The van der Waals surface area contributed by atoms with E-state index >= 15 is 0 Å². The Balaban J connectivity index is 2.32. The summed E-state index contributed by atoms with van der Waals surface area (Å²) in [5.41, 5.74) is 4.24. The second kappa shape index (κ2) is 5.62. The number of rotatable bonds is 3. The van der Waals surface area contributed by atoms with Crippen molar-refractivity contribution >= 4 is 17.5 Å². The number of hydrogen-bond acceptors (Lipinski definition) is 2. The molecule has 0 saturated carbocycles. The summed E-state index contributed by atoms with van der Waals surface area (Å²) in [6, 6.07) is 12.7. The summed E-state index contributed by atoms with van der Waals surface area (Å²) in [5.74, 6) is 0.141. The highest BCUT2D eigenvalue weighted by molar-refractivity contribution is 7.99. The lowest BCUT2D eigenvalue weighted by molar-refractivity contribution is 0.101. The lowest BCUT2D eigenvalue weighted by Gasteiger charge is -2.10. The fraction of sp³-hybridized carbons (Fsp3) is 0.235. The van der Waals surface area contributed by atoms with Crippen LogP contribution in [0.5, 0.6) is 0 Å². The highest BCUT2D eigenvalue weighted by Crippen LogP contribution is 2.31. The molecule has 2 heteroatoms. The van der Waals surface area contributed by atoms with E-state index in [9.17, 15) is 4.79 Å². The summed E-state index contributed by atoms with van der Waals surface area (Å²) in [6.45, 7) is 7.72. The van der Waals surface area contributed by atoms with Gasteiger partial charge in [-0.25, -0.2) is 0 Å². The van der Waals surface area contributed by atoms with Gasteiger partial charge in [0.2, 0.25) is 0 Å². The summed E-state index contributed by atoms with van der Waals surface area (Å²) in [6.07, 6.45) is 0. The molecule has 0 aliphatic rings. The van der Waals surface area contributed by atoms with Gasteiger partial charge in [-0.15, -0.1) is 0 Å². The van der Waals surface area contributed by atoms with Crippen LogP contribution in [0, 0.1) is 20.8 Å². The Labute approximate surface area is 119 Å². The van der Waals surface area contributed by atoms with Crippen molar-refractivity contribution in [2.45, 2.75) is 37.5 Å². The molecule has 2 aromatic rings. The molecule has 0 fully saturated rings. The standard InChI is InChI=1S/C17H18OS/c1-11-5-7-15(8-6-11)19-16-9-12(2)17(14(4)18)13(3)10-16/h5-10H,1-4H3. The SMILES string of the molecule is CC(=O)c1c(C)cc(Sc2ccc(C)cc2)cc1C. The van der Waals surface area contributed by atoms with Crippen molar-refractivity contribution in [3.8, 4) is 0 Å². The van der Waals surface area contributed by atoms with E-state index in [1.165, 1.54) is 15.4 Å². The van der Waals surface area contributed by atoms with Gasteiger partial charge in [0.1, 0.15) is 0 Å². The van der Waals surface area contributed by atoms with Crippen molar-refractivity contribution in [2.24, 2.45) is 0 Å². The molecule has 0 N–H and O–H groups in total. The van der Waals surface area contributed by atoms with Crippen LogP contribution in [-0.2, 0) is 0 Å². The maximum Gasteiger partial charge on any atom is 0.160 e. The minimum absolute atomic E-state index is 0.141. The monoisotopic (exact) mass is 270 g/mol. The predicted molar refractivity (Wildman–Crippen MR) is 81.2 cm³/mol. The average Bonchev–Trinajstić information content (AvgIpc) is 2.30. The van der Waals surface area contributed by atoms with Crippen LogP contribution >= 0.6 is 11.8 Å². The number of ketones is 1. The molecule has 98 valence electrons. The molecule has 0 atom stereocenters. The van der Waals surface area contributed by atoms with Crippen molar-refractivity contribution in [2.75, 3.05) is 0 Å². The van der Waals surface area contributed by atoms with Gasteiger partial charge in [0.15, 0.2) is 5.78 Å². The molecule has 0 aromatic heterocycles. The van der Waals surface area contributed by atoms with E-state index in [1.54, 1.807) is 18.7 Å². The zero-order valence-electron chi connectivity index (χ0n) is 11.8. The third-order valence-corrected chi connectivity index (χ3v) is 4.09. The van der Waals surface area contributed by atoms with Gasteiger partial charge >= 0.3 is 0 Å². The van der Waals surface area contributed by atoms with Crippen LogP contribution in [0.1, 0.15) is 34.0 Å². The zero-order chi connectivity index (χ0) is 14.0. The fourth-order valence-corrected chi connectivity index (χ4v) is 3.30. The Kier molecular flexibility index (Phi) is 4.11. The molecule has 1 nitrogen and oxygen atoms in total. The molecule has 0 aliphatic carbocycles. The van der Waals surface area contributed by atoms with Crippen molar-refractivity contribution in [3.05, 3.63) is 58.7 Å². The van der Waals surface area contributed by atoms with Gasteiger partial charge in [-0.3, -0.25) is 4.79 Å². The number of aryl methyl sites for hydroxylation is 3. The maximum absolute atomic E-state index is 11.6. The third-order valence-electron chi connectivity index (χ3n) is 3.11. The van der Waals surface area contributed by atoms with Gasteiger partial charge in [0.05, 0.1) is 0 Å². The Morgan fingerprint density at radius 2 is 1.42 bits per heavy atom. The number of benzene rings is 2. The molecular formula is C17H18OS. The van der Waals surface area contributed by atoms with E-state index in [0.717, 1.165) is 16.7 Å². The average molecular weight is 270 g/mol. The summed E-state index contributed by atoms with van der Waals surface area (Å²) < 4.78 is 0. The van der Waals surface area contributed by atoms with Gasteiger partial charge in [0, 0.05) is 15.4 Å². The van der Waals surface area contributed by atoms with Crippen LogP contribution in [-0.4, -0.2) is 5.78 Å². The molecule has 0 heterocycles. The molecule has 19 heavy (non-hydrogen) atoms. The molecule has 0 spiro atoms. The maximum atomic E-state index is 11.6. The second-order valence-electron chi connectivity index (χ2n) is 4.90. The minimum atomic E-state index is 0.141. The number of hydrogen-bond donors (Lipinski definition) is 0. The van der Waals surface area contributed by atoms with Crippen LogP contribution in [0.4, 0.5) is 0 Å². The second-order valence-corrected chi connectivity index (χ2v) is 6.05. The Morgan fingerprint density at radius 1 is 0.895 bits per heavy atom. The van der Waals surface area contributed by atoms with E-state index in [0.29, 0.717) is 0 Å². The van der Waals surface area contributed by atoms with Crippen molar-refractivity contribution in [3.63, 3.8) is 0 Å². The molecule has 0 aliphatic heterocycles. The topological polar surface area (TPSA) is 17.1 Å². The summed E-state index contributed by atoms with van der Waals surface area (Å²) in [4.78, 5) is 14.0. The van der Waals surface area contributed by atoms with E-state index in [4.69, 9.17) is 0 Å². The Morgan fingerprint density at radius 3 is 1.89 bits per heavy atom. The first-order valence-corrected chi connectivity index (χ1v) is 7.15. The normalized spacial score (nSPS) is 10.5. The van der Waals surface area contributed by atoms with E-state index in [1.807, 2.05) is 13.8 Å². The number of carbonyl (C=O) groups is 1. The molecule has 0 saturated heterocycles. The number of Topliss-reactive ketones (excluding diaryl/α,β-unsaturated/α-hetero) is 1. The van der Waals surface area contributed by atoms with Crippen molar-refractivity contribution < 1.29 is 4.79 Å². The van der Waals surface area contributed by atoms with Crippen molar-refractivity contribution in [1.82, 2.24) is 0 Å². The highest BCUT2D eigenvalue weighted by Gasteiger charge is 2.09. The van der Waals surface area contributed by atoms with Gasteiger partial charge in [-0.2, -0.15) is 0 Å².